The molecule has 1 amide bonds. The van der Waals surface area contributed by atoms with Gasteiger partial charge in [-0.3, -0.25) is 4.79 Å². The molecule has 1 aliphatic heterocycles. The van der Waals surface area contributed by atoms with E-state index in [1.165, 1.54) is 10.5 Å². The maximum atomic E-state index is 12.6. The predicted molar refractivity (Wildman–Crippen MR) is 104 cm³/mol. The fourth-order valence-corrected chi connectivity index (χ4v) is 3.27. The van der Waals surface area contributed by atoms with E-state index in [1.54, 1.807) is 12.4 Å². The van der Waals surface area contributed by atoms with Crippen LogP contribution in [0.3, 0.4) is 0 Å². The van der Waals surface area contributed by atoms with Gasteiger partial charge in [0.1, 0.15) is 0 Å². The van der Waals surface area contributed by atoms with Crippen molar-refractivity contribution < 1.29 is 9.69 Å². The van der Waals surface area contributed by atoms with E-state index in [0.717, 1.165) is 37.8 Å². The number of hydrogen-bond donors (Lipinski definition) is 2. The highest BCUT2D eigenvalue weighted by Crippen LogP contribution is 2.17. The minimum absolute atomic E-state index is 0.0710. The molecular weight excluding hydrogens is 326 g/mol. The van der Waals surface area contributed by atoms with Crippen LogP contribution in [0.25, 0.3) is 0 Å². The fourth-order valence-electron chi connectivity index (χ4n) is 3.27. The third-order valence-electron chi connectivity index (χ3n) is 5.09. The SMILES string of the molecule is CC(C)c1ccc(NC(=O)[C@H](C)[NH+]2CCN(c3ncccn3)CC2)cc1. The number of amides is 1. The maximum absolute atomic E-state index is 12.6. The van der Waals surface area contributed by atoms with Gasteiger partial charge < -0.3 is 15.1 Å². The van der Waals surface area contributed by atoms with Gasteiger partial charge in [-0.05, 0) is 36.6 Å². The lowest BCUT2D eigenvalue weighted by Gasteiger charge is -2.34. The lowest BCUT2D eigenvalue weighted by atomic mass is 10.0. The average molecular weight is 354 g/mol. The predicted octanol–water partition coefficient (Wildman–Crippen LogP) is 1.33. The largest absolute Gasteiger partial charge is 0.330 e. The molecule has 1 fully saturated rings. The Morgan fingerprint density at radius 3 is 2.27 bits per heavy atom. The summed E-state index contributed by atoms with van der Waals surface area (Å²) in [5.41, 5.74) is 2.14. The zero-order valence-corrected chi connectivity index (χ0v) is 15.8. The molecule has 2 N–H and O–H groups in total. The van der Waals surface area contributed by atoms with Crippen molar-refractivity contribution in [1.29, 1.82) is 0 Å². The summed E-state index contributed by atoms with van der Waals surface area (Å²) < 4.78 is 0. The summed E-state index contributed by atoms with van der Waals surface area (Å²) >= 11 is 0. The van der Waals surface area contributed by atoms with E-state index >= 15 is 0 Å². The van der Waals surface area contributed by atoms with E-state index in [0.29, 0.717) is 5.92 Å². The van der Waals surface area contributed by atoms with Crippen molar-refractivity contribution in [3.8, 4) is 0 Å². The summed E-state index contributed by atoms with van der Waals surface area (Å²) in [6, 6.07) is 9.87. The zero-order chi connectivity index (χ0) is 18.5. The first-order valence-electron chi connectivity index (χ1n) is 9.32. The quantitative estimate of drug-likeness (QED) is 0.850. The van der Waals surface area contributed by atoms with Gasteiger partial charge in [0.05, 0.1) is 26.2 Å². The molecular formula is C20H28N5O+. The van der Waals surface area contributed by atoms with Crippen LogP contribution in [0.4, 0.5) is 11.6 Å². The zero-order valence-electron chi connectivity index (χ0n) is 15.8. The third-order valence-corrected chi connectivity index (χ3v) is 5.09. The molecule has 1 aliphatic rings. The van der Waals surface area contributed by atoms with Gasteiger partial charge in [0.2, 0.25) is 5.95 Å². The van der Waals surface area contributed by atoms with Crippen LogP contribution in [0.1, 0.15) is 32.3 Å². The van der Waals surface area contributed by atoms with E-state index in [1.807, 2.05) is 25.1 Å². The maximum Gasteiger partial charge on any atom is 0.282 e. The van der Waals surface area contributed by atoms with Crippen LogP contribution in [0.15, 0.2) is 42.7 Å². The van der Waals surface area contributed by atoms with Crippen molar-refractivity contribution in [2.45, 2.75) is 32.7 Å². The Balaban J connectivity index is 1.53. The first kappa shape index (κ1) is 18.3. The summed E-state index contributed by atoms with van der Waals surface area (Å²) in [5, 5.41) is 3.05. The van der Waals surface area contributed by atoms with Crippen LogP contribution >= 0.6 is 0 Å². The minimum Gasteiger partial charge on any atom is -0.330 e. The Hall–Kier alpha value is -2.47. The van der Waals surface area contributed by atoms with Crippen molar-refractivity contribution in [1.82, 2.24) is 9.97 Å². The summed E-state index contributed by atoms with van der Waals surface area (Å²) in [7, 11) is 0. The van der Waals surface area contributed by atoms with Gasteiger partial charge in [-0.1, -0.05) is 26.0 Å². The number of quaternary nitrogens is 1. The standard InChI is InChI=1S/C20H27N5O/c1-15(2)17-5-7-18(8-6-17)23-19(26)16(3)24-11-13-25(14-12-24)20-21-9-4-10-22-20/h4-10,15-16H,11-14H2,1-3H3,(H,23,26)/p+1/t16-/m0/s1. The number of anilines is 2. The van der Waals surface area contributed by atoms with Crippen LogP contribution in [-0.2, 0) is 4.79 Å². The Morgan fingerprint density at radius 2 is 1.69 bits per heavy atom. The Labute approximate surface area is 155 Å². The molecule has 0 saturated carbocycles. The van der Waals surface area contributed by atoms with Gasteiger partial charge in [-0.15, -0.1) is 0 Å². The number of rotatable bonds is 5. The van der Waals surface area contributed by atoms with Gasteiger partial charge in [0, 0.05) is 18.1 Å². The molecule has 1 atom stereocenters. The Morgan fingerprint density at radius 1 is 1.08 bits per heavy atom. The highest BCUT2D eigenvalue weighted by atomic mass is 16.2. The second kappa shape index (κ2) is 8.27. The molecule has 3 rings (SSSR count). The van der Waals surface area contributed by atoms with Crippen molar-refractivity contribution in [2.24, 2.45) is 0 Å². The average Bonchev–Trinajstić information content (AvgIpc) is 2.68. The van der Waals surface area contributed by atoms with Crippen molar-refractivity contribution in [2.75, 3.05) is 36.4 Å². The highest BCUT2D eigenvalue weighted by Gasteiger charge is 2.29. The van der Waals surface area contributed by atoms with Crippen LogP contribution in [0, 0.1) is 0 Å². The summed E-state index contributed by atoms with van der Waals surface area (Å²) in [6.07, 6.45) is 3.53. The molecule has 0 radical (unpaired) electrons. The molecule has 0 unspecified atom stereocenters. The first-order valence-corrected chi connectivity index (χ1v) is 9.32. The molecule has 6 heteroatoms. The summed E-state index contributed by atoms with van der Waals surface area (Å²) in [6.45, 7) is 9.86. The molecule has 0 bridgehead atoms. The molecule has 1 aromatic carbocycles. The first-order chi connectivity index (χ1) is 12.5. The number of benzene rings is 1. The van der Waals surface area contributed by atoms with Crippen LogP contribution < -0.4 is 15.1 Å². The topological polar surface area (TPSA) is 62.6 Å². The minimum atomic E-state index is -0.0846. The number of piperazine rings is 1. The molecule has 6 nitrogen and oxygen atoms in total. The number of nitrogens with zero attached hydrogens (tertiary/aromatic N) is 3. The lowest BCUT2D eigenvalue weighted by Crippen LogP contribution is -3.19. The normalized spacial score (nSPS) is 16.5. The smallest absolute Gasteiger partial charge is 0.282 e. The van der Waals surface area contributed by atoms with E-state index in [2.05, 4.69) is 46.2 Å². The van der Waals surface area contributed by atoms with Crippen molar-refractivity contribution >= 4 is 17.5 Å². The molecule has 2 heterocycles. The number of hydrogen-bond acceptors (Lipinski definition) is 4. The van der Waals surface area contributed by atoms with Gasteiger partial charge >= 0.3 is 0 Å². The van der Waals surface area contributed by atoms with Crippen molar-refractivity contribution in [3.63, 3.8) is 0 Å². The van der Waals surface area contributed by atoms with E-state index in [-0.39, 0.29) is 11.9 Å². The van der Waals surface area contributed by atoms with Gasteiger partial charge in [0.25, 0.3) is 5.91 Å². The second-order valence-electron chi connectivity index (χ2n) is 7.18. The van der Waals surface area contributed by atoms with Gasteiger partial charge in [-0.2, -0.15) is 0 Å². The fraction of sp³-hybridized carbons (Fsp3) is 0.450. The number of aromatic nitrogens is 2. The molecule has 0 aliphatic carbocycles. The van der Waals surface area contributed by atoms with Crippen LogP contribution in [-0.4, -0.2) is 48.1 Å². The molecule has 2 aromatic rings. The molecule has 1 saturated heterocycles. The Bertz CT molecular complexity index is 709. The van der Waals surface area contributed by atoms with E-state index in [4.69, 9.17) is 0 Å². The number of nitrogens with one attached hydrogen (secondary N) is 2. The summed E-state index contributed by atoms with van der Waals surface area (Å²) in [4.78, 5) is 24.7. The molecule has 138 valence electrons. The third kappa shape index (κ3) is 4.38. The Kier molecular flexibility index (Phi) is 5.83. The van der Waals surface area contributed by atoms with E-state index in [9.17, 15) is 4.79 Å². The summed E-state index contributed by atoms with van der Waals surface area (Å²) in [5.74, 6) is 1.34. The van der Waals surface area contributed by atoms with Crippen LogP contribution in [0.2, 0.25) is 0 Å². The molecule has 1 aromatic heterocycles. The van der Waals surface area contributed by atoms with Gasteiger partial charge in [0.15, 0.2) is 6.04 Å². The highest BCUT2D eigenvalue weighted by molar-refractivity contribution is 5.93. The van der Waals surface area contributed by atoms with Crippen molar-refractivity contribution in [3.05, 3.63) is 48.3 Å². The van der Waals surface area contributed by atoms with E-state index < -0.39 is 0 Å². The lowest BCUT2D eigenvalue weighted by molar-refractivity contribution is -0.914. The molecule has 26 heavy (non-hydrogen) atoms. The monoisotopic (exact) mass is 354 g/mol. The van der Waals surface area contributed by atoms with Gasteiger partial charge in [-0.25, -0.2) is 9.97 Å². The number of carbonyl (C=O) groups excluding carboxylic acids is 1. The second-order valence-corrected chi connectivity index (χ2v) is 7.18. The number of carbonyl (C=O) groups is 1. The molecule has 0 spiro atoms. The van der Waals surface area contributed by atoms with Crippen LogP contribution in [0.5, 0.6) is 0 Å².